The standard InChI is InChI=1S/C14H20F2O2/c1-3-4-5-6-7-13(17)14-11(15)8-10(18-2)9-12(14)16/h8-9,13,17H,3-7H2,1-2H3. The molecule has 0 radical (unpaired) electrons. The lowest BCUT2D eigenvalue weighted by Gasteiger charge is -2.13. The van der Waals surface area contributed by atoms with E-state index in [1.54, 1.807) is 0 Å². The van der Waals surface area contributed by atoms with Crippen molar-refractivity contribution in [3.63, 3.8) is 0 Å². The Morgan fingerprint density at radius 2 is 1.78 bits per heavy atom. The smallest absolute Gasteiger partial charge is 0.135 e. The van der Waals surface area contributed by atoms with Crippen molar-refractivity contribution >= 4 is 0 Å². The summed E-state index contributed by atoms with van der Waals surface area (Å²) in [5.74, 6) is -1.39. The van der Waals surface area contributed by atoms with E-state index in [0.717, 1.165) is 37.8 Å². The van der Waals surface area contributed by atoms with Gasteiger partial charge in [-0.3, -0.25) is 0 Å². The molecule has 1 aromatic carbocycles. The lowest BCUT2D eigenvalue weighted by Crippen LogP contribution is -2.05. The van der Waals surface area contributed by atoms with Crippen LogP contribution in [0.25, 0.3) is 0 Å². The van der Waals surface area contributed by atoms with Crippen LogP contribution in [0.3, 0.4) is 0 Å². The Morgan fingerprint density at radius 3 is 2.28 bits per heavy atom. The maximum Gasteiger partial charge on any atom is 0.135 e. The zero-order chi connectivity index (χ0) is 13.5. The SMILES string of the molecule is CCCCCCC(O)c1c(F)cc(OC)cc1F. The van der Waals surface area contributed by atoms with Gasteiger partial charge in [0.25, 0.3) is 0 Å². The summed E-state index contributed by atoms with van der Waals surface area (Å²) in [5.41, 5.74) is -0.257. The summed E-state index contributed by atoms with van der Waals surface area (Å²) in [6.45, 7) is 2.08. The number of hydrogen-bond donors (Lipinski definition) is 1. The zero-order valence-electron chi connectivity index (χ0n) is 10.9. The Kier molecular flexibility index (Phi) is 6.05. The van der Waals surface area contributed by atoms with Crippen molar-refractivity contribution in [1.29, 1.82) is 0 Å². The molecule has 1 aromatic rings. The third-order valence-electron chi connectivity index (χ3n) is 2.95. The van der Waals surface area contributed by atoms with Gasteiger partial charge in [0, 0.05) is 12.1 Å². The highest BCUT2D eigenvalue weighted by Crippen LogP contribution is 2.28. The van der Waals surface area contributed by atoms with Crippen molar-refractivity contribution < 1.29 is 18.6 Å². The molecule has 1 atom stereocenters. The average Bonchev–Trinajstić information content (AvgIpc) is 2.33. The normalized spacial score (nSPS) is 12.5. The molecule has 0 bridgehead atoms. The lowest BCUT2D eigenvalue weighted by molar-refractivity contribution is 0.153. The van der Waals surface area contributed by atoms with Crippen LogP contribution in [0.4, 0.5) is 8.78 Å². The summed E-state index contributed by atoms with van der Waals surface area (Å²) in [7, 11) is 1.34. The van der Waals surface area contributed by atoms with Gasteiger partial charge in [0.15, 0.2) is 0 Å². The van der Waals surface area contributed by atoms with Crippen LogP contribution in [0.15, 0.2) is 12.1 Å². The van der Waals surface area contributed by atoms with Gasteiger partial charge in [0.1, 0.15) is 17.4 Å². The van der Waals surface area contributed by atoms with Crippen molar-refractivity contribution in [2.75, 3.05) is 7.11 Å². The molecule has 0 fully saturated rings. The van der Waals surface area contributed by atoms with Gasteiger partial charge in [-0.1, -0.05) is 32.6 Å². The third kappa shape index (κ3) is 3.95. The minimum atomic E-state index is -1.09. The number of aliphatic hydroxyl groups excluding tert-OH is 1. The fraction of sp³-hybridized carbons (Fsp3) is 0.571. The van der Waals surface area contributed by atoms with Gasteiger partial charge in [-0.15, -0.1) is 0 Å². The molecule has 0 saturated carbocycles. The van der Waals surface area contributed by atoms with E-state index in [9.17, 15) is 13.9 Å². The summed E-state index contributed by atoms with van der Waals surface area (Å²) in [6.07, 6.45) is 3.17. The first-order valence-electron chi connectivity index (χ1n) is 6.31. The summed E-state index contributed by atoms with van der Waals surface area (Å²) in [5, 5.41) is 9.82. The predicted molar refractivity (Wildman–Crippen MR) is 66.6 cm³/mol. The Morgan fingerprint density at radius 1 is 1.17 bits per heavy atom. The minimum absolute atomic E-state index is 0.118. The van der Waals surface area contributed by atoms with Crippen molar-refractivity contribution in [3.8, 4) is 5.75 Å². The Bertz CT molecular complexity index is 357. The van der Waals surface area contributed by atoms with E-state index in [4.69, 9.17) is 4.74 Å². The van der Waals surface area contributed by atoms with Gasteiger partial charge in [0.05, 0.1) is 18.8 Å². The van der Waals surface area contributed by atoms with Crippen LogP contribution >= 0.6 is 0 Å². The highest BCUT2D eigenvalue weighted by molar-refractivity contribution is 5.31. The zero-order valence-corrected chi connectivity index (χ0v) is 10.9. The molecule has 18 heavy (non-hydrogen) atoms. The lowest BCUT2D eigenvalue weighted by atomic mass is 10.0. The predicted octanol–water partition coefficient (Wildman–Crippen LogP) is 3.98. The van der Waals surface area contributed by atoms with Gasteiger partial charge in [-0.05, 0) is 6.42 Å². The van der Waals surface area contributed by atoms with Crippen LogP contribution in [0.2, 0.25) is 0 Å². The molecule has 0 aliphatic carbocycles. The first kappa shape index (κ1) is 14.9. The number of benzene rings is 1. The summed E-state index contributed by atoms with van der Waals surface area (Å²) in [4.78, 5) is 0. The first-order valence-corrected chi connectivity index (χ1v) is 6.31. The second-order valence-electron chi connectivity index (χ2n) is 4.37. The second kappa shape index (κ2) is 7.31. The largest absolute Gasteiger partial charge is 0.497 e. The van der Waals surface area contributed by atoms with Crippen LogP contribution in [0.1, 0.15) is 50.7 Å². The van der Waals surface area contributed by atoms with Crippen molar-refractivity contribution in [3.05, 3.63) is 29.3 Å². The summed E-state index contributed by atoms with van der Waals surface area (Å²) >= 11 is 0. The molecule has 1 unspecified atom stereocenters. The molecular weight excluding hydrogens is 238 g/mol. The monoisotopic (exact) mass is 258 g/mol. The van der Waals surface area contributed by atoms with Crippen LogP contribution in [0, 0.1) is 11.6 Å². The second-order valence-corrected chi connectivity index (χ2v) is 4.37. The van der Waals surface area contributed by atoms with Crippen LogP contribution in [-0.4, -0.2) is 12.2 Å². The number of unbranched alkanes of at least 4 members (excludes halogenated alkanes) is 3. The van der Waals surface area contributed by atoms with Gasteiger partial charge in [-0.2, -0.15) is 0 Å². The van der Waals surface area contributed by atoms with E-state index in [0.29, 0.717) is 6.42 Å². The first-order chi connectivity index (χ1) is 8.60. The molecule has 0 heterocycles. The van der Waals surface area contributed by atoms with Gasteiger partial charge < -0.3 is 9.84 Å². The van der Waals surface area contributed by atoms with Crippen molar-refractivity contribution in [1.82, 2.24) is 0 Å². The van der Waals surface area contributed by atoms with E-state index in [1.165, 1.54) is 7.11 Å². The number of halogens is 2. The molecular formula is C14H20F2O2. The topological polar surface area (TPSA) is 29.5 Å². The summed E-state index contributed by atoms with van der Waals surface area (Å²) in [6, 6.07) is 2.18. The molecule has 102 valence electrons. The molecule has 0 aliphatic rings. The molecule has 0 aliphatic heterocycles. The molecule has 0 aromatic heterocycles. The maximum absolute atomic E-state index is 13.6. The number of hydrogen-bond acceptors (Lipinski definition) is 2. The van der Waals surface area contributed by atoms with E-state index in [-0.39, 0.29) is 11.3 Å². The fourth-order valence-corrected chi connectivity index (χ4v) is 1.91. The van der Waals surface area contributed by atoms with Crippen molar-refractivity contribution in [2.24, 2.45) is 0 Å². The average molecular weight is 258 g/mol. The number of rotatable bonds is 7. The van der Waals surface area contributed by atoms with E-state index < -0.39 is 17.7 Å². The van der Waals surface area contributed by atoms with E-state index >= 15 is 0 Å². The van der Waals surface area contributed by atoms with Crippen LogP contribution in [0.5, 0.6) is 5.75 Å². The van der Waals surface area contributed by atoms with E-state index in [1.807, 2.05) is 0 Å². The summed E-state index contributed by atoms with van der Waals surface area (Å²) < 4.78 is 32.0. The molecule has 0 saturated heterocycles. The number of aliphatic hydroxyl groups is 1. The third-order valence-corrected chi connectivity index (χ3v) is 2.95. The quantitative estimate of drug-likeness (QED) is 0.750. The molecule has 4 heteroatoms. The van der Waals surface area contributed by atoms with Gasteiger partial charge in [-0.25, -0.2) is 8.78 Å². The maximum atomic E-state index is 13.6. The molecule has 2 nitrogen and oxygen atoms in total. The number of ether oxygens (including phenoxy) is 1. The van der Waals surface area contributed by atoms with Crippen LogP contribution in [-0.2, 0) is 0 Å². The van der Waals surface area contributed by atoms with Gasteiger partial charge in [0.2, 0.25) is 0 Å². The highest BCUT2D eigenvalue weighted by Gasteiger charge is 2.19. The molecule has 1 rings (SSSR count). The fourth-order valence-electron chi connectivity index (χ4n) is 1.91. The molecule has 1 N–H and O–H groups in total. The van der Waals surface area contributed by atoms with Crippen LogP contribution < -0.4 is 4.74 Å². The molecule has 0 spiro atoms. The van der Waals surface area contributed by atoms with Gasteiger partial charge >= 0.3 is 0 Å². The Hall–Kier alpha value is -1.16. The number of methoxy groups -OCH3 is 1. The molecule has 0 amide bonds. The van der Waals surface area contributed by atoms with E-state index in [2.05, 4.69) is 6.92 Å². The Balaban J connectivity index is 2.70. The van der Waals surface area contributed by atoms with Crippen molar-refractivity contribution in [2.45, 2.75) is 45.1 Å². The minimum Gasteiger partial charge on any atom is -0.497 e. The Labute approximate surface area is 107 Å². The highest BCUT2D eigenvalue weighted by atomic mass is 19.1.